The maximum atomic E-state index is 14.4. The monoisotopic (exact) mass is 465 g/mol. The lowest BCUT2D eigenvalue weighted by molar-refractivity contribution is -0.127. The van der Waals surface area contributed by atoms with Gasteiger partial charge in [0, 0.05) is 11.8 Å². The Balaban J connectivity index is 3.57. The van der Waals surface area contributed by atoms with E-state index in [1.54, 1.807) is 13.8 Å². The lowest BCUT2D eigenvalue weighted by Crippen LogP contribution is -2.45. The van der Waals surface area contributed by atoms with Crippen LogP contribution in [-0.4, -0.2) is 89.5 Å². The summed E-state index contributed by atoms with van der Waals surface area (Å²) in [6.45, 7) is 13.8. The van der Waals surface area contributed by atoms with Crippen LogP contribution >= 0.6 is 0 Å². The molecule has 0 aromatic carbocycles. The summed E-state index contributed by atoms with van der Waals surface area (Å²) >= 11 is 0. The molecule has 0 aliphatic rings. The topological polar surface area (TPSA) is 92.3 Å². The molecule has 1 N–H and O–H groups in total. The average Bonchev–Trinajstić information content (AvgIpc) is 2.76. The molecule has 9 heteroatoms. The number of Topliss-reactive ketones (excluding diaryl/α,β-unsaturated/α-hetero) is 1. The van der Waals surface area contributed by atoms with Crippen LogP contribution in [0, 0.1) is 11.8 Å². The number of carbonyl (C=O) groups excluding carboxylic acids is 2. The number of nitrogens with one attached hydrogen (secondary N) is 1. The van der Waals surface area contributed by atoms with E-state index >= 15 is 0 Å². The number of halogens is 1. The van der Waals surface area contributed by atoms with Crippen molar-refractivity contribution < 1.29 is 37.7 Å². The van der Waals surface area contributed by atoms with Crippen LogP contribution in [0.4, 0.5) is 4.39 Å². The molecule has 2 atom stereocenters. The predicted molar refractivity (Wildman–Crippen MR) is 121 cm³/mol. The fourth-order valence-electron chi connectivity index (χ4n) is 2.25. The maximum Gasteiger partial charge on any atom is 0.222 e. The molecule has 0 radical (unpaired) electrons. The van der Waals surface area contributed by atoms with Crippen LogP contribution in [0.15, 0.2) is 0 Å². The number of carbonyl (C=O) groups is 2. The molecule has 2 unspecified atom stereocenters. The van der Waals surface area contributed by atoms with E-state index in [9.17, 15) is 14.0 Å². The van der Waals surface area contributed by atoms with Gasteiger partial charge in [-0.25, -0.2) is 4.39 Å². The first kappa shape index (κ1) is 30.9. The molecule has 0 aromatic rings. The zero-order valence-corrected chi connectivity index (χ0v) is 20.7. The Morgan fingerprint density at radius 3 is 1.78 bits per heavy atom. The summed E-state index contributed by atoms with van der Waals surface area (Å²) in [5, 5.41) is 2.62. The Labute approximate surface area is 192 Å². The molecule has 190 valence electrons. The van der Waals surface area contributed by atoms with Crippen molar-refractivity contribution in [3.63, 3.8) is 0 Å². The molecular formula is C23H44FNO7. The Kier molecular flexibility index (Phi) is 17.7. The smallest absolute Gasteiger partial charge is 0.222 e. The predicted octanol–water partition coefficient (Wildman–Crippen LogP) is 2.57. The molecule has 0 fully saturated rings. The summed E-state index contributed by atoms with van der Waals surface area (Å²) in [6, 6.07) is 0. The average molecular weight is 466 g/mol. The zero-order valence-electron chi connectivity index (χ0n) is 20.7. The van der Waals surface area contributed by atoms with Crippen LogP contribution in [0.3, 0.4) is 0 Å². The second-order valence-electron chi connectivity index (χ2n) is 8.48. The van der Waals surface area contributed by atoms with Gasteiger partial charge in [-0.3, -0.25) is 9.59 Å². The second kappa shape index (κ2) is 18.3. The Hall–Kier alpha value is -1.13. The van der Waals surface area contributed by atoms with E-state index in [1.165, 1.54) is 0 Å². The number of hydrogen-bond donors (Lipinski definition) is 1. The van der Waals surface area contributed by atoms with Crippen molar-refractivity contribution in [1.29, 1.82) is 0 Å². The van der Waals surface area contributed by atoms with Gasteiger partial charge >= 0.3 is 0 Å². The van der Waals surface area contributed by atoms with Gasteiger partial charge in [0.15, 0.2) is 5.78 Å². The minimum absolute atomic E-state index is 0.0150. The molecule has 0 spiro atoms. The Morgan fingerprint density at radius 1 is 0.844 bits per heavy atom. The summed E-state index contributed by atoms with van der Waals surface area (Å²) < 4.78 is 41.4. The van der Waals surface area contributed by atoms with Crippen molar-refractivity contribution in [2.24, 2.45) is 11.8 Å². The van der Waals surface area contributed by atoms with Gasteiger partial charge < -0.3 is 29.0 Å². The molecule has 0 saturated carbocycles. The van der Waals surface area contributed by atoms with Crippen molar-refractivity contribution in [2.75, 3.05) is 66.0 Å². The minimum Gasteiger partial charge on any atom is -0.377 e. The number of amides is 1. The summed E-state index contributed by atoms with van der Waals surface area (Å²) in [5.74, 6) is -0.212. The van der Waals surface area contributed by atoms with Gasteiger partial charge in [0.1, 0.15) is 12.8 Å². The van der Waals surface area contributed by atoms with Gasteiger partial charge in [-0.05, 0) is 20.3 Å². The zero-order chi connectivity index (χ0) is 24.4. The van der Waals surface area contributed by atoms with E-state index in [-0.39, 0.29) is 43.3 Å². The lowest BCUT2D eigenvalue weighted by atomic mass is 10.0. The summed E-state index contributed by atoms with van der Waals surface area (Å²) in [4.78, 5) is 23.1. The summed E-state index contributed by atoms with van der Waals surface area (Å²) in [7, 11) is 0. The van der Waals surface area contributed by atoms with E-state index in [0.717, 1.165) is 0 Å². The first-order chi connectivity index (χ1) is 15.1. The molecule has 0 heterocycles. The van der Waals surface area contributed by atoms with Gasteiger partial charge in [0.2, 0.25) is 5.91 Å². The third-order valence-corrected chi connectivity index (χ3v) is 4.98. The summed E-state index contributed by atoms with van der Waals surface area (Å²) in [6.07, 6.45) is -0.604. The highest BCUT2D eigenvalue weighted by Crippen LogP contribution is 2.17. The third kappa shape index (κ3) is 15.6. The molecule has 0 rings (SSSR count). The number of hydrogen-bond acceptors (Lipinski definition) is 7. The highest BCUT2D eigenvalue weighted by Gasteiger charge is 2.31. The van der Waals surface area contributed by atoms with Crippen molar-refractivity contribution in [3.05, 3.63) is 0 Å². The van der Waals surface area contributed by atoms with Gasteiger partial charge in [-0.2, -0.15) is 0 Å². The van der Waals surface area contributed by atoms with E-state index < -0.39 is 11.8 Å². The quantitative estimate of drug-likeness (QED) is 0.261. The fourth-order valence-corrected chi connectivity index (χ4v) is 2.25. The standard InChI is InChI=1S/C23H44FNO7/c1-7-19(4)22(27)25-16-21(24)23(5,6)32-15-14-30-11-10-28-8-9-29-12-13-31-17-20(26)18(2)3/h18-19,21H,7-17H2,1-6H3,(H,25,27). The lowest BCUT2D eigenvalue weighted by Gasteiger charge is -2.29. The molecule has 0 aliphatic carbocycles. The van der Waals surface area contributed by atoms with Gasteiger partial charge in [-0.1, -0.05) is 27.7 Å². The molecule has 0 aromatic heterocycles. The van der Waals surface area contributed by atoms with Crippen molar-refractivity contribution in [3.8, 4) is 0 Å². The number of ether oxygens (including phenoxy) is 5. The van der Waals surface area contributed by atoms with E-state index in [2.05, 4.69) is 5.32 Å². The Morgan fingerprint density at radius 2 is 1.31 bits per heavy atom. The van der Waals surface area contributed by atoms with Crippen LogP contribution in [0.2, 0.25) is 0 Å². The highest BCUT2D eigenvalue weighted by atomic mass is 19.1. The normalized spacial score (nSPS) is 13.9. The number of rotatable bonds is 21. The molecule has 0 aliphatic heterocycles. The van der Waals surface area contributed by atoms with Gasteiger partial charge in [0.05, 0.1) is 65.0 Å². The van der Waals surface area contributed by atoms with E-state index in [0.29, 0.717) is 52.7 Å². The van der Waals surface area contributed by atoms with Crippen LogP contribution in [0.5, 0.6) is 0 Å². The second-order valence-corrected chi connectivity index (χ2v) is 8.48. The molecule has 0 bridgehead atoms. The third-order valence-electron chi connectivity index (χ3n) is 4.98. The molecule has 1 amide bonds. The molecule has 8 nitrogen and oxygen atoms in total. The highest BCUT2D eigenvalue weighted by molar-refractivity contribution is 5.81. The minimum atomic E-state index is -1.32. The number of ketones is 1. The van der Waals surface area contributed by atoms with Gasteiger partial charge in [-0.15, -0.1) is 0 Å². The van der Waals surface area contributed by atoms with Gasteiger partial charge in [0.25, 0.3) is 0 Å². The fraction of sp³-hybridized carbons (Fsp3) is 0.913. The van der Waals surface area contributed by atoms with E-state index in [1.807, 2.05) is 27.7 Å². The molecular weight excluding hydrogens is 421 g/mol. The molecule has 0 saturated heterocycles. The van der Waals surface area contributed by atoms with E-state index in [4.69, 9.17) is 23.7 Å². The maximum absolute atomic E-state index is 14.4. The Bertz CT molecular complexity index is 503. The van der Waals surface area contributed by atoms with Crippen molar-refractivity contribution in [1.82, 2.24) is 5.32 Å². The number of alkyl halides is 1. The van der Waals surface area contributed by atoms with Crippen LogP contribution in [0.25, 0.3) is 0 Å². The van der Waals surface area contributed by atoms with Crippen molar-refractivity contribution >= 4 is 11.7 Å². The summed E-state index contributed by atoms with van der Waals surface area (Å²) in [5.41, 5.74) is -1.02. The molecule has 32 heavy (non-hydrogen) atoms. The van der Waals surface area contributed by atoms with Crippen LogP contribution in [-0.2, 0) is 33.3 Å². The van der Waals surface area contributed by atoms with Crippen LogP contribution in [0.1, 0.15) is 48.0 Å². The SMILES string of the molecule is CCC(C)C(=O)NCC(F)C(C)(C)OCCOCCOCCOCCOCC(=O)C(C)C. The first-order valence-corrected chi connectivity index (χ1v) is 11.5. The first-order valence-electron chi connectivity index (χ1n) is 11.5. The largest absolute Gasteiger partial charge is 0.377 e. The van der Waals surface area contributed by atoms with Crippen molar-refractivity contribution in [2.45, 2.75) is 59.7 Å². The van der Waals surface area contributed by atoms with Crippen LogP contribution < -0.4 is 5.32 Å².